The van der Waals surface area contributed by atoms with Gasteiger partial charge in [-0.15, -0.1) is 0 Å². The molecule has 14 heavy (non-hydrogen) atoms. The molecule has 1 aromatic heterocycles. The van der Waals surface area contributed by atoms with Gasteiger partial charge in [0.2, 0.25) is 5.91 Å². The number of amides is 1. The monoisotopic (exact) mass is 216 g/mol. The van der Waals surface area contributed by atoms with Crippen LogP contribution in [-0.2, 0) is 11.3 Å². The van der Waals surface area contributed by atoms with Crippen molar-refractivity contribution in [3.63, 3.8) is 0 Å². The maximum absolute atomic E-state index is 11.1. The average molecular weight is 216 g/mol. The van der Waals surface area contributed by atoms with Crippen molar-refractivity contribution >= 4 is 18.1 Å². The fourth-order valence-corrected chi connectivity index (χ4v) is 1.26. The van der Waals surface area contributed by atoms with Gasteiger partial charge in [0.05, 0.1) is 0 Å². The number of aromatic amines is 2. The molecule has 1 amide bonds. The Bertz CT molecular complexity index is 388. The molecule has 1 aromatic rings. The van der Waals surface area contributed by atoms with Gasteiger partial charge in [-0.25, -0.2) is 9.89 Å². The highest BCUT2D eigenvalue weighted by Gasteiger charge is 2.03. The molecule has 7 heteroatoms. The van der Waals surface area contributed by atoms with Gasteiger partial charge in [0, 0.05) is 19.5 Å². The van der Waals surface area contributed by atoms with E-state index in [0.717, 1.165) is 0 Å². The first-order chi connectivity index (χ1) is 6.65. The molecule has 0 saturated carbocycles. The number of nitrogens with zero attached hydrogens (tertiary/aromatic N) is 1. The minimum atomic E-state index is -0.320. The summed E-state index contributed by atoms with van der Waals surface area (Å²) in [5.41, 5.74) is -0.320. The highest BCUT2D eigenvalue weighted by atomic mass is 32.1. The zero-order valence-electron chi connectivity index (χ0n) is 7.79. The van der Waals surface area contributed by atoms with Gasteiger partial charge in [-0.1, -0.05) is 0 Å². The third-order valence-electron chi connectivity index (χ3n) is 1.70. The Morgan fingerprint density at radius 3 is 2.79 bits per heavy atom. The van der Waals surface area contributed by atoms with Crippen LogP contribution in [0.15, 0.2) is 4.79 Å². The molecule has 0 aliphatic heterocycles. The summed E-state index contributed by atoms with van der Waals surface area (Å²) in [5.74, 6) is -0.0880. The Kier molecular flexibility index (Phi) is 3.63. The Morgan fingerprint density at radius 2 is 2.29 bits per heavy atom. The summed E-state index contributed by atoms with van der Waals surface area (Å²) in [4.78, 5) is 22.2. The summed E-state index contributed by atoms with van der Waals surface area (Å²) in [6.45, 7) is 2.73. The predicted octanol–water partition coefficient (Wildman–Crippen LogP) is -0.240. The van der Waals surface area contributed by atoms with Crippen molar-refractivity contribution in [2.24, 2.45) is 0 Å². The summed E-state index contributed by atoms with van der Waals surface area (Å²) in [7, 11) is 0. The second-order valence-corrected chi connectivity index (χ2v) is 3.10. The number of nitrogens with one attached hydrogen (secondary N) is 3. The first kappa shape index (κ1) is 10.7. The minimum Gasteiger partial charge on any atom is -0.356 e. The van der Waals surface area contributed by atoms with E-state index in [1.54, 1.807) is 0 Å². The zero-order chi connectivity index (χ0) is 10.6. The minimum absolute atomic E-state index is 0.0880. The van der Waals surface area contributed by atoms with E-state index in [1.807, 2.05) is 6.92 Å². The molecule has 6 nitrogen and oxygen atoms in total. The predicted molar refractivity (Wildman–Crippen MR) is 53.5 cm³/mol. The van der Waals surface area contributed by atoms with E-state index in [2.05, 4.69) is 15.5 Å². The summed E-state index contributed by atoms with van der Waals surface area (Å²) in [6.07, 6.45) is 0.253. The molecule has 0 spiro atoms. The van der Waals surface area contributed by atoms with Crippen molar-refractivity contribution in [3.05, 3.63) is 15.3 Å². The van der Waals surface area contributed by atoms with Crippen LogP contribution in [0.25, 0.3) is 0 Å². The van der Waals surface area contributed by atoms with Gasteiger partial charge in [-0.05, 0) is 19.1 Å². The summed E-state index contributed by atoms with van der Waals surface area (Å²) >= 11 is 4.83. The van der Waals surface area contributed by atoms with E-state index in [0.29, 0.717) is 17.9 Å². The smallest absolute Gasteiger partial charge is 0.342 e. The second-order valence-electron chi connectivity index (χ2n) is 2.72. The maximum atomic E-state index is 11.1. The van der Waals surface area contributed by atoms with Crippen molar-refractivity contribution in [2.75, 3.05) is 6.54 Å². The summed E-state index contributed by atoms with van der Waals surface area (Å²) in [6, 6.07) is 0. The molecule has 0 aliphatic rings. The highest BCUT2D eigenvalue weighted by Crippen LogP contribution is 1.87. The van der Waals surface area contributed by atoms with Gasteiger partial charge in [0.1, 0.15) is 0 Å². The molecule has 0 aromatic carbocycles. The van der Waals surface area contributed by atoms with E-state index in [9.17, 15) is 9.59 Å². The molecular formula is C7H12N4O2S. The number of hydrogen-bond donors (Lipinski definition) is 3. The molecule has 0 unspecified atom stereocenters. The van der Waals surface area contributed by atoms with Crippen LogP contribution in [0.2, 0.25) is 0 Å². The standard InChI is InChI=1S/C7H12N4O2S/c1-2-8-5(12)3-4-11-6(13)9-10-7(11)14/h2-4H2,1H3,(H,8,12)(H,9,13)(H,10,14). The molecule has 3 N–H and O–H groups in total. The number of carbonyl (C=O) groups excluding carboxylic acids is 1. The SMILES string of the molecule is CCNC(=O)CCn1c(=O)[nH][nH]c1=S. The van der Waals surface area contributed by atoms with E-state index >= 15 is 0 Å². The van der Waals surface area contributed by atoms with Crippen molar-refractivity contribution < 1.29 is 4.79 Å². The third kappa shape index (κ3) is 2.56. The fourth-order valence-electron chi connectivity index (χ4n) is 1.04. The number of carbonyl (C=O) groups is 1. The normalized spacial score (nSPS) is 10.1. The van der Waals surface area contributed by atoms with Crippen molar-refractivity contribution in [1.82, 2.24) is 20.1 Å². The van der Waals surface area contributed by atoms with Crippen LogP contribution in [0.1, 0.15) is 13.3 Å². The fraction of sp³-hybridized carbons (Fsp3) is 0.571. The van der Waals surface area contributed by atoms with Crippen LogP contribution in [-0.4, -0.2) is 27.2 Å². The second kappa shape index (κ2) is 4.75. The van der Waals surface area contributed by atoms with E-state index < -0.39 is 0 Å². The Labute approximate surface area is 85.3 Å². The lowest BCUT2D eigenvalue weighted by Crippen LogP contribution is -2.26. The van der Waals surface area contributed by atoms with E-state index in [1.165, 1.54) is 4.57 Å². The van der Waals surface area contributed by atoms with Gasteiger partial charge >= 0.3 is 5.69 Å². The number of rotatable bonds is 4. The van der Waals surface area contributed by atoms with Gasteiger partial charge in [0.15, 0.2) is 4.77 Å². The first-order valence-electron chi connectivity index (χ1n) is 4.29. The van der Waals surface area contributed by atoms with Crippen molar-refractivity contribution in [3.8, 4) is 0 Å². The van der Waals surface area contributed by atoms with Gasteiger partial charge in [0.25, 0.3) is 0 Å². The summed E-state index contributed by atoms with van der Waals surface area (Å²) < 4.78 is 1.61. The van der Waals surface area contributed by atoms with Crippen LogP contribution in [0.5, 0.6) is 0 Å². The lowest BCUT2D eigenvalue weighted by molar-refractivity contribution is -0.121. The van der Waals surface area contributed by atoms with Gasteiger partial charge in [-0.2, -0.15) is 0 Å². The largest absolute Gasteiger partial charge is 0.356 e. The van der Waals surface area contributed by atoms with Crippen LogP contribution in [0, 0.1) is 4.77 Å². The number of H-pyrrole nitrogens is 2. The topological polar surface area (TPSA) is 82.7 Å². The number of aromatic nitrogens is 3. The van der Waals surface area contributed by atoms with Crippen molar-refractivity contribution in [1.29, 1.82) is 0 Å². The molecular weight excluding hydrogens is 204 g/mol. The number of hydrogen-bond acceptors (Lipinski definition) is 3. The molecule has 1 rings (SSSR count). The zero-order valence-corrected chi connectivity index (χ0v) is 8.61. The Hall–Kier alpha value is -1.37. The molecule has 1 heterocycles. The van der Waals surface area contributed by atoms with Gasteiger partial charge < -0.3 is 5.32 Å². The van der Waals surface area contributed by atoms with E-state index in [4.69, 9.17) is 12.2 Å². The molecule has 0 aliphatic carbocycles. The van der Waals surface area contributed by atoms with Crippen LogP contribution in [0.3, 0.4) is 0 Å². The van der Waals surface area contributed by atoms with E-state index in [-0.39, 0.29) is 18.0 Å². The molecule has 0 fully saturated rings. The first-order valence-corrected chi connectivity index (χ1v) is 4.70. The van der Waals surface area contributed by atoms with Crippen LogP contribution in [0.4, 0.5) is 0 Å². The highest BCUT2D eigenvalue weighted by molar-refractivity contribution is 7.71. The Balaban J connectivity index is 2.58. The molecule has 0 atom stereocenters. The molecule has 78 valence electrons. The lowest BCUT2D eigenvalue weighted by atomic mass is 10.4. The third-order valence-corrected chi connectivity index (χ3v) is 2.03. The lowest BCUT2D eigenvalue weighted by Gasteiger charge is -2.01. The van der Waals surface area contributed by atoms with Gasteiger partial charge in [-0.3, -0.25) is 14.5 Å². The average Bonchev–Trinajstić information content (AvgIpc) is 2.44. The summed E-state index contributed by atoms with van der Waals surface area (Å²) in [5, 5.41) is 7.48. The van der Waals surface area contributed by atoms with Crippen molar-refractivity contribution in [2.45, 2.75) is 19.9 Å². The molecule has 0 saturated heterocycles. The molecule has 0 radical (unpaired) electrons. The van der Waals surface area contributed by atoms with Crippen LogP contribution < -0.4 is 11.0 Å². The molecule has 0 bridgehead atoms. The Morgan fingerprint density at radius 1 is 1.57 bits per heavy atom. The quantitative estimate of drug-likeness (QED) is 0.607. The van der Waals surface area contributed by atoms with Crippen LogP contribution >= 0.6 is 12.2 Å². The maximum Gasteiger partial charge on any atom is 0.342 e.